The maximum absolute atomic E-state index is 4.22. The third-order valence-corrected chi connectivity index (χ3v) is 4.06. The third-order valence-electron chi connectivity index (χ3n) is 2.19. The first kappa shape index (κ1) is 8.32. The summed E-state index contributed by atoms with van der Waals surface area (Å²) in [6, 6.07) is 4.40. The molecule has 0 bridgehead atoms. The van der Waals surface area contributed by atoms with Crippen molar-refractivity contribution in [2.24, 2.45) is 0 Å². The highest BCUT2D eigenvalue weighted by atomic mass is 32.1. The lowest BCUT2D eigenvalue weighted by molar-refractivity contribution is 1.14. The van der Waals surface area contributed by atoms with Crippen molar-refractivity contribution < 1.29 is 0 Å². The molecule has 0 N–H and O–H groups in total. The molecule has 0 radical (unpaired) electrons. The van der Waals surface area contributed by atoms with Crippen LogP contribution in [0, 0.1) is 13.8 Å². The lowest BCUT2D eigenvalue weighted by Crippen LogP contribution is -1.77. The largest absolute Gasteiger partial charge is 0.147 e. The van der Waals surface area contributed by atoms with E-state index in [1.54, 1.807) is 22.7 Å². The van der Waals surface area contributed by atoms with Crippen molar-refractivity contribution in [1.82, 2.24) is 10.2 Å². The van der Waals surface area contributed by atoms with Crippen LogP contribution in [0.25, 0.3) is 20.4 Å². The van der Waals surface area contributed by atoms with Crippen LogP contribution < -0.4 is 0 Å². The monoisotopic (exact) mass is 220 g/mol. The molecule has 0 atom stereocenters. The lowest BCUT2D eigenvalue weighted by atomic mass is 10.2. The lowest BCUT2D eigenvalue weighted by Gasteiger charge is -1.88. The Balaban J connectivity index is 2.58. The van der Waals surface area contributed by atoms with Gasteiger partial charge < -0.3 is 0 Å². The zero-order valence-electron chi connectivity index (χ0n) is 7.87. The summed E-state index contributed by atoms with van der Waals surface area (Å²) in [6.07, 6.45) is 0. The smallest absolute Gasteiger partial charge is 0.138 e. The predicted molar refractivity (Wildman–Crippen MR) is 62.3 cm³/mol. The van der Waals surface area contributed by atoms with Crippen molar-refractivity contribution in [3.05, 3.63) is 21.9 Å². The fraction of sp³-hybridized carbons (Fsp3) is 0.200. The SMILES string of the molecule is Cc1cc2c(nnc3sc(C)cc32)s1. The molecule has 2 nitrogen and oxygen atoms in total. The first-order valence-electron chi connectivity index (χ1n) is 4.37. The van der Waals surface area contributed by atoms with Crippen LogP contribution in [0.2, 0.25) is 0 Å². The van der Waals surface area contributed by atoms with Crippen LogP contribution in [0.5, 0.6) is 0 Å². The quantitative estimate of drug-likeness (QED) is 0.579. The molecular weight excluding hydrogens is 212 g/mol. The van der Waals surface area contributed by atoms with Crippen LogP contribution in [0.4, 0.5) is 0 Å². The topological polar surface area (TPSA) is 25.8 Å². The summed E-state index contributed by atoms with van der Waals surface area (Å²) in [5.74, 6) is 0. The summed E-state index contributed by atoms with van der Waals surface area (Å²) in [7, 11) is 0. The second-order valence-electron chi connectivity index (χ2n) is 3.35. The molecule has 0 saturated carbocycles. The van der Waals surface area contributed by atoms with Gasteiger partial charge in [0.15, 0.2) is 0 Å². The highest BCUT2D eigenvalue weighted by Gasteiger charge is 2.08. The summed E-state index contributed by atoms with van der Waals surface area (Å²) in [4.78, 5) is 4.69. The molecule has 0 saturated heterocycles. The maximum atomic E-state index is 4.22. The molecule has 4 heteroatoms. The van der Waals surface area contributed by atoms with E-state index in [1.165, 1.54) is 20.5 Å². The minimum Gasteiger partial charge on any atom is -0.138 e. The minimum absolute atomic E-state index is 1.05. The molecule has 0 unspecified atom stereocenters. The number of nitrogens with zero attached hydrogens (tertiary/aromatic N) is 2. The number of hydrogen-bond acceptors (Lipinski definition) is 4. The molecule has 3 aromatic rings. The van der Waals surface area contributed by atoms with Gasteiger partial charge in [0.25, 0.3) is 0 Å². The van der Waals surface area contributed by atoms with Gasteiger partial charge in [0.05, 0.1) is 0 Å². The highest BCUT2D eigenvalue weighted by molar-refractivity contribution is 7.20. The first-order chi connectivity index (χ1) is 6.74. The molecule has 0 aromatic carbocycles. The normalized spacial score (nSPS) is 11.6. The van der Waals surface area contributed by atoms with Gasteiger partial charge in [0.2, 0.25) is 0 Å². The average molecular weight is 220 g/mol. The predicted octanol–water partition coefficient (Wildman–Crippen LogP) is 3.52. The van der Waals surface area contributed by atoms with Gasteiger partial charge in [-0.25, -0.2) is 0 Å². The van der Waals surface area contributed by atoms with E-state index in [2.05, 4.69) is 36.2 Å². The maximum Gasteiger partial charge on any atom is 0.147 e. The molecular formula is C10H8N2S2. The molecule has 0 amide bonds. The van der Waals surface area contributed by atoms with Gasteiger partial charge in [-0.05, 0) is 26.0 Å². The summed E-state index contributed by atoms with van der Waals surface area (Å²) in [5, 5.41) is 10.9. The van der Waals surface area contributed by atoms with E-state index in [-0.39, 0.29) is 0 Å². The first-order valence-corrected chi connectivity index (χ1v) is 6.00. The van der Waals surface area contributed by atoms with E-state index in [1.807, 2.05) is 0 Å². The summed E-state index contributed by atoms with van der Waals surface area (Å²) in [6.45, 7) is 4.22. The van der Waals surface area contributed by atoms with Gasteiger partial charge in [0, 0.05) is 20.5 Å². The molecule has 3 rings (SSSR count). The summed E-state index contributed by atoms with van der Waals surface area (Å²) >= 11 is 3.41. The number of aromatic nitrogens is 2. The van der Waals surface area contributed by atoms with Crippen molar-refractivity contribution in [3.63, 3.8) is 0 Å². The number of rotatable bonds is 0. The number of aryl methyl sites for hydroxylation is 2. The number of hydrogen-bond donors (Lipinski definition) is 0. The van der Waals surface area contributed by atoms with Gasteiger partial charge in [-0.1, -0.05) is 0 Å². The van der Waals surface area contributed by atoms with Gasteiger partial charge in [0.1, 0.15) is 9.66 Å². The van der Waals surface area contributed by atoms with Crippen LogP contribution in [0.15, 0.2) is 12.1 Å². The fourth-order valence-electron chi connectivity index (χ4n) is 1.63. The zero-order valence-corrected chi connectivity index (χ0v) is 9.50. The van der Waals surface area contributed by atoms with E-state index in [0.29, 0.717) is 0 Å². The van der Waals surface area contributed by atoms with Gasteiger partial charge >= 0.3 is 0 Å². The van der Waals surface area contributed by atoms with E-state index >= 15 is 0 Å². The molecule has 0 aliphatic rings. The van der Waals surface area contributed by atoms with Crippen LogP contribution in [0.3, 0.4) is 0 Å². The van der Waals surface area contributed by atoms with E-state index in [9.17, 15) is 0 Å². The second kappa shape index (κ2) is 2.74. The third kappa shape index (κ3) is 1.07. The van der Waals surface area contributed by atoms with Crippen molar-refractivity contribution >= 4 is 43.1 Å². The van der Waals surface area contributed by atoms with E-state index < -0.39 is 0 Å². The van der Waals surface area contributed by atoms with Crippen molar-refractivity contribution in [2.45, 2.75) is 13.8 Å². The Bertz CT molecular complexity index is 566. The Kier molecular flexibility index (Phi) is 1.63. The summed E-state index contributed by atoms with van der Waals surface area (Å²) < 4.78 is 0. The fourth-order valence-corrected chi connectivity index (χ4v) is 3.31. The zero-order chi connectivity index (χ0) is 9.71. The molecule has 0 aliphatic heterocycles. The summed E-state index contributed by atoms with van der Waals surface area (Å²) in [5.41, 5.74) is 0. The molecule has 70 valence electrons. The van der Waals surface area contributed by atoms with Crippen LogP contribution in [0.1, 0.15) is 9.75 Å². The van der Waals surface area contributed by atoms with E-state index in [0.717, 1.165) is 9.66 Å². The Morgan fingerprint density at radius 2 is 1.29 bits per heavy atom. The Morgan fingerprint density at radius 1 is 0.857 bits per heavy atom. The van der Waals surface area contributed by atoms with E-state index in [4.69, 9.17) is 0 Å². The standard InChI is InChI=1S/C10H8N2S2/c1-5-3-7-8-4-6(2)14-10(8)12-11-9(7)13-5/h3-4H,1-2H3. The van der Waals surface area contributed by atoms with Gasteiger partial charge in [-0.2, -0.15) is 0 Å². The highest BCUT2D eigenvalue weighted by Crippen LogP contribution is 2.32. The average Bonchev–Trinajstić information content (AvgIpc) is 2.65. The van der Waals surface area contributed by atoms with Crippen molar-refractivity contribution in [3.8, 4) is 0 Å². The second-order valence-corrected chi connectivity index (χ2v) is 5.82. The van der Waals surface area contributed by atoms with Gasteiger partial charge in [-0.15, -0.1) is 32.9 Å². The molecule has 3 aromatic heterocycles. The van der Waals surface area contributed by atoms with Crippen LogP contribution in [-0.4, -0.2) is 10.2 Å². The molecule has 3 heterocycles. The van der Waals surface area contributed by atoms with Gasteiger partial charge in [-0.3, -0.25) is 0 Å². The van der Waals surface area contributed by atoms with Crippen molar-refractivity contribution in [1.29, 1.82) is 0 Å². The Hall–Kier alpha value is -1.000. The molecule has 14 heavy (non-hydrogen) atoms. The number of fused-ring (bicyclic) bond motifs is 3. The van der Waals surface area contributed by atoms with Crippen LogP contribution in [-0.2, 0) is 0 Å². The van der Waals surface area contributed by atoms with Crippen LogP contribution >= 0.6 is 22.7 Å². The Morgan fingerprint density at radius 3 is 1.71 bits per heavy atom. The Labute approximate surface area is 89.2 Å². The van der Waals surface area contributed by atoms with Crippen molar-refractivity contribution in [2.75, 3.05) is 0 Å². The number of thiophene rings is 2. The molecule has 0 aliphatic carbocycles. The minimum atomic E-state index is 1.05. The molecule has 0 fully saturated rings. The molecule has 0 spiro atoms.